The van der Waals surface area contributed by atoms with Gasteiger partial charge in [-0.2, -0.15) is 0 Å². The van der Waals surface area contributed by atoms with E-state index in [0.29, 0.717) is 55.6 Å². The highest BCUT2D eigenvalue weighted by Crippen LogP contribution is 2.29. The van der Waals surface area contributed by atoms with E-state index in [1.165, 1.54) is 24.0 Å². The van der Waals surface area contributed by atoms with Crippen LogP contribution < -0.4 is 26.0 Å². The van der Waals surface area contributed by atoms with Crippen molar-refractivity contribution in [2.75, 3.05) is 60.8 Å². The van der Waals surface area contributed by atoms with E-state index in [-0.39, 0.29) is 31.7 Å². The predicted molar refractivity (Wildman–Crippen MR) is 145 cm³/mol. The first-order chi connectivity index (χ1) is 19.4. The molecule has 14 nitrogen and oxygen atoms in total. The number of fused-ring (bicyclic) bond motifs is 1. The van der Waals surface area contributed by atoms with Crippen LogP contribution in [0.25, 0.3) is 17.2 Å². The van der Waals surface area contributed by atoms with Crippen molar-refractivity contribution >= 4 is 23.1 Å². The molecule has 14 heteroatoms. The normalized spacial score (nSPS) is 11.4. The molecule has 0 unspecified atom stereocenters. The molecule has 0 saturated carbocycles. The Balaban J connectivity index is 1.59. The topological polar surface area (TPSA) is 146 Å². The Labute approximate surface area is 230 Å². The fraction of sp³-hybridized carbons (Fsp3) is 0.462. The molecule has 0 saturated heterocycles. The van der Waals surface area contributed by atoms with E-state index in [1.54, 1.807) is 50.1 Å². The second-order valence-corrected chi connectivity index (χ2v) is 8.47. The summed E-state index contributed by atoms with van der Waals surface area (Å²) in [5, 5.41) is 2.77. The highest BCUT2D eigenvalue weighted by atomic mass is 16.7. The molecular formula is C26H35N5O9. The number of carbonyl (C=O) groups is 1. The Kier molecular flexibility index (Phi) is 11.9. The Morgan fingerprint density at radius 1 is 0.950 bits per heavy atom. The van der Waals surface area contributed by atoms with Crippen molar-refractivity contribution in [2.45, 2.75) is 6.54 Å². The zero-order valence-electron chi connectivity index (χ0n) is 23.1. The summed E-state index contributed by atoms with van der Waals surface area (Å²) in [7, 11) is 6.13. The number of methoxy groups -OCH3 is 2. The first kappa shape index (κ1) is 30.6. The quantitative estimate of drug-likeness (QED) is 0.138. The van der Waals surface area contributed by atoms with Gasteiger partial charge in [0, 0.05) is 47.5 Å². The van der Waals surface area contributed by atoms with Crippen LogP contribution in [-0.4, -0.2) is 85.4 Å². The van der Waals surface area contributed by atoms with Crippen molar-refractivity contribution < 1.29 is 33.2 Å². The van der Waals surface area contributed by atoms with Crippen LogP contribution in [-0.2, 0) is 44.4 Å². The van der Waals surface area contributed by atoms with Gasteiger partial charge in [-0.3, -0.25) is 18.7 Å². The number of aryl methyl sites for hydroxylation is 1. The van der Waals surface area contributed by atoms with E-state index >= 15 is 0 Å². The van der Waals surface area contributed by atoms with Crippen LogP contribution in [0, 0.1) is 0 Å². The number of hydrogen-bond donors (Lipinski definition) is 1. The first-order valence-electron chi connectivity index (χ1n) is 12.5. The van der Waals surface area contributed by atoms with E-state index in [1.807, 2.05) is 0 Å². The molecule has 0 fully saturated rings. The molecular weight excluding hydrogens is 526 g/mol. The van der Waals surface area contributed by atoms with Crippen molar-refractivity contribution in [2.24, 2.45) is 14.1 Å². The van der Waals surface area contributed by atoms with Crippen LogP contribution in [0.15, 0.2) is 40.2 Å². The number of ether oxygens (including phenoxy) is 6. The summed E-state index contributed by atoms with van der Waals surface area (Å²) in [4.78, 5) is 41.2. The second kappa shape index (κ2) is 15.6. The summed E-state index contributed by atoms with van der Waals surface area (Å²) in [5.74, 6) is 0.533. The lowest BCUT2D eigenvalue weighted by atomic mass is 10.2. The third-order valence-corrected chi connectivity index (χ3v) is 5.72. The number of aromatic nitrogens is 4. The van der Waals surface area contributed by atoms with E-state index in [0.717, 1.165) is 4.57 Å². The second-order valence-electron chi connectivity index (χ2n) is 8.47. The number of amides is 1. The number of carbonyl (C=O) groups excluding carboxylic acids is 1. The van der Waals surface area contributed by atoms with Gasteiger partial charge in [0.25, 0.3) is 5.56 Å². The Hall–Kier alpha value is -3.98. The predicted octanol–water partition coefficient (Wildman–Crippen LogP) is 0.262. The van der Waals surface area contributed by atoms with Crippen LogP contribution in [0.2, 0.25) is 0 Å². The lowest BCUT2D eigenvalue weighted by Gasteiger charge is -2.14. The Morgan fingerprint density at radius 2 is 1.62 bits per heavy atom. The molecule has 3 rings (SSSR count). The number of benzene rings is 1. The van der Waals surface area contributed by atoms with Crippen LogP contribution >= 0.6 is 0 Å². The smallest absolute Gasteiger partial charge is 0.332 e. The molecule has 1 amide bonds. The molecule has 1 aromatic carbocycles. The minimum atomic E-state index is -0.455. The van der Waals surface area contributed by atoms with Crippen molar-refractivity contribution in [3.63, 3.8) is 0 Å². The van der Waals surface area contributed by atoms with Crippen molar-refractivity contribution in [3.8, 4) is 11.5 Å². The molecule has 0 aliphatic rings. The van der Waals surface area contributed by atoms with Gasteiger partial charge >= 0.3 is 5.69 Å². The molecule has 0 aliphatic carbocycles. The lowest BCUT2D eigenvalue weighted by Crippen LogP contribution is -2.37. The van der Waals surface area contributed by atoms with Crippen LogP contribution in [0.5, 0.6) is 11.5 Å². The molecule has 0 spiro atoms. The molecule has 0 aliphatic heterocycles. The largest absolute Gasteiger partial charge is 0.464 e. The highest BCUT2D eigenvalue weighted by molar-refractivity contribution is 5.91. The monoisotopic (exact) mass is 561 g/mol. The highest BCUT2D eigenvalue weighted by Gasteiger charge is 2.14. The molecule has 218 valence electrons. The average molecular weight is 562 g/mol. The summed E-state index contributed by atoms with van der Waals surface area (Å²) in [6.45, 7) is 2.17. The third-order valence-electron chi connectivity index (χ3n) is 5.72. The van der Waals surface area contributed by atoms with Gasteiger partial charge in [0.1, 0.15) is 0 Å². The maximum Gasteiger partial charge on any atom is 0.332 e. The van der Waals surface area contributed by atoms with Crippen LogP contribution in [0.4, 0.5) is 0 Å². The van der Waals surface area contributed by atoms with Gasteiger partial charge in [-0.15, -0.1) is 0 Å². The number of imidazole rings is 1. The lowest BCUT2D eigenvalue weighted by molar-refractivity contribution is -0.116. The summed E-state index contributed by atoms with van der Waals surface area (Å²) in [6, 6.07) is 5.19. The van der Waals surface area contributed by atoms with Crippen molar-refractivity contribution in [1.29, 1.82) is 0 Å². The Bertz CT molecular complexity index is 1410. The van der Waals surface area contributed by atoms with Gasteiger partial charge in [0.15, 0.2) is 36.2 Å². The number of nitrogens with one attached hydrogen (secondary N) is 1. The number of rotatable bonds is 17. The number of nitrogens with zero attached hydrogens (tertiary/aromatic N) is 4. The zero-order chi connectivity index (χ0) is 28.9. The van der Waals surface area contributed by atoms with Gasteiger partial charge in [-0.25, -0.2) is 9.78 Å². The minimum absolute atomic E-state index is 0.0104. The van der Waals surface area contributed by atoms with Crippen molar-refractivity contribution in [3.05, 3.63) is 57.0 Å². The maximum absolute atomic E-state index is 12.5. The zero-order valence-corrected chi connectivity index (χ0v) is 23.1. The van der Waals surface area contributed by atoms with E-state index in [4.69, 9.17) is 28.4 Å². The molecule has 0 radical (unpaired) electrons. The summed E-state index contributed by atoms with van der Waals surface area (Å²) in [6.07, 6.45) is 4.49. The summed E-state index contributed by atoms with van der Waals surface area (Å²) >= 11 is 0. The van der Waals surface area contributed by atoms with E-state index < -0.39 is 11.2 Å². The molecule has 3 aromatic rings. The van der Waals surface area contributed by atoms with Gasteiger partial charge in [0.05, 0.1) is 32.8 Å². The fourth-order valence-corrected chi connectivity index (χ4v) is 3.57. The summed E-state index contributed by atoms with van der Waals surface area (Å²) < 4.78 is 35.9. The fourth-order valence-electron chi connectivity index (χ4n) is 3.57. The molecule has 2 aromatic heterocycles. The average Bonchev–Trinajstić information content (AvgIpc) is 3.38. The molecule has 2 heterocycles. The third kappa shape index (κ3) is 8.26. The Morgan fingerprint density at radius 3 is 2.30 bits per heavy atom. The molecule has 0 bridgehead atoms. The molecule has 40 heavy (non-hydrogen) atoms. The van der Waals surface area contributed by atoms with Crippen LogP contribution in [0.3, 0.4) is 0 Å². The SMILES string of the molecule is COCCOCOc1ccc(C=CC(=O)NCCn2cnc3c2c(=O)n(C)c(=O)n3C)cc1OCOCCOC. The first-order valence-corrected chi connectivity index (χ1v) is 12.5. The van der Waals surface area contributed by atoms with Gasteiger partial charge < -0.3 is 38.3 Å². The van der Waals surface area contributed by atoms with Gasteiger partial charge in [-0.05, 0) is 23.8 Å². The number of hydrogen-bond acceptors (Lipinski definition) is 10. The standard InChI is InChI=1S/C26H35N5O9/c1-29-24-23(25(33)30(2)26(29)34)31(16-28-24)10-9-27-22(32)8-6-19-5-7-20(39-17-37-13-11-35-3)21(15-19)40-18-38-14-12-36-4/h5-8,15-16H,9-14,17-18H2,1-4H3,(H,27,32). The van der Waals surface area contributed by atoms with Crippen LogP contribution in [0.1, 0.15) is 5.56 Å². The van der Waals surface area contributed by atoms with Gasteiger partial charge in [-0.1, -0.05) is 6.07 Å². The van der Waals surface area contributed by atoms with E-state index in [2.05, 4.69) is 10.3 Å². The van der Waals surface area contributed by atoms with E-state index in [9.17, 15) is 14.4 Å². The minimum Gasteiger partial charge on any atom is -0.464 e. The van der Waals surface area contributed by atoms with Gasteiger partial charge in [0.2, 0.25) is 5.91 Å². The van der Waals surface area contributed by atoms with Crippen molar-refractivity contribution in [1.82, 2.24) is 24.0 Å². The molecule has 1 N–H and O–H groups in total. The maximum atomic E-state index is 12.5. The summed E-state index contributed by atoms with van der Waals surface area (Å²) in [5.41, 5.74) is 0.371. The molecule has 0 atom stereocenters.